The number of hydrogen-bond donors (Lipinski definition) is 2. The van der Waals surface area contributed by atoms with E-state index in [2.05, 4.69) is 13.8 Å². The molecule has 2 nitrogen and oxygen atoms in total. The first-order valence-electron chi connectivity index (χ1n) is 9.49. The van der Waals surface area contributed by atoms with Gasteiger partial charge in [0.05, 0.1) is 12.7 Å². The summed E-state index contributed by atoms with van der Waals surface area (Å²) in [5.74, 6) is 0.920. The first-order valence-corrected chi connectivity index (χ1v) is 9.49. The highest BCUT2D eigenvalue weighted by molar-refractivity contribution is 4.54. The molecule has 0 radical (unpaired) electrons. The van der Waals surface area contributed by atoms with E-state index in [0.717, 1.165) is 18.8 Å². The van der Waals surface area contributed by atoms with Gasteiger partial charge in [-0.3, -0.25) is 0 Å². The molecule has 0 aliphatic heterocycles. The molecule has 0 saturated heterocycles. The van der Waals surface area contributed by atoms with Crippen molar-refractivity contribution in [3.05, 3.63) is 0 Å². The second kappa shape index (κ2) is 16.3. The van der Waals surface area contributed by atoms with Gasteiger partial charge in [-0.05, 0) is 12.3 Å². The Kier molecular flexibility index (Phi) is 16.2. The molecule has 0 amide bonds. The van der Waals surface area contributed by atoms with Crippen LogP contribution in [0.4, 0.5) is 0 Å². The molecule has 2 atom stereocenters. The van der Waals surface area contributed by atoms with Gasteiger partial charge >= 0.3 is 0 Å². The van der Waals surface area contributed by atoms with Gasteiger partial charge < -0.3 is 10.2 Å². The van der Waals surface area contributed by atoms with Crippen LogP contribution in [0.15, 0.2) is 0 Å². The Morgan fingerprint density at radius 3 is 1.43 bits per heavy atom. The van der Waals surface area contributed by atoms with Crippen molar-refractivity contribution < 1.29 is 10.2 Å². The molecule has 0 heterocycles. The molecule has 0 bridgehead atoms. The quantitative estimate of drug-likeness (QED) is 0.372. The maximum Gasteiger partial charge on any atom is 0.0770 e. The molecule has 0 aromatic carbocycles. The predicted molar refractivity (Wildman–Crippen MR) is 92.6 cm³/mol. The molecule has 128 valence electrons. The average molecular weight is 301 g/mol. The first kappa shape index (κ1) is 20.9. The lowest BCUT2D eigenvalue weighted by atomic mass is 9.99. The fraction of sp³-hybridized carbons (Fsp3) is 1.00. The van der Waals surface area contributed by atoms with Crippen LogP contribution in [-0.4, -0.2) is 22.9 Å². The summed E-state index contributed by atoms with van der Waals surface area (Å²) in [7, 11) is 0. The van der Waals surface area contributed by atoms with Crippen LogP contribution in [0, 0.1) is 5.92 Å². The lowest BCUT2D eigenvalue weighted by molar-refractivity contribution is 0.0860. The van der Waals surface area contributed by atoms with Crippen molar-refractivity contribution in [2.24, 2.45) is 5.92 Å². The first-order chi connectivity index (χ1) is 10.2. The van der Waals surface area contributed by atoms with Crippen molar-refractivity contribution in [1.29, 1.82) is 0 Å². The summed E-state index contributed by atoms with van der Waals surface area (Å²) < 4.78 is 0. The SMILES string of the molecule is CCC(C)CCCCCCCCCCCCCC(O)CO. The van der Waals surface area contributed by atoms with Gasteiger partial charge in [0.2, 0.25) is 0 Å². The van der Waals surface area contributed by atoms with Crippen LogP contribution in [-0.2, 0) is 0 Å². The van der Waals surface area contributed by atoms with Crippen molar-refractivity contribution in [2.45, 2.75) is 110 Å². The molecule has 0 aromatic rings. The van der Waals surface area contributed by atoms with Gasteiger partial charge in [0, 0.05) is 0 Å². The van der Waals surface area contributed by atoms with Crippen LogP contribution in [0.5, 0.6) is 0 Å². The van der Waals surface area contributed by atoms with Crippen molar-refractivity contribution in [2.75, 3.05) is 6.61 Å². The second-order valence-electron chi connectivity index (χ2n) is 6.82. The van der Waals surface area contributed by atoms with Crippen molar-refractivity contribution in [3.8, 4) is 0 Å². The van der Waals surface area contributed by atoms with Crippen molar-refractivity contribution in [1.82, 2.24) is 0 Å². The minimum atomic E-state index is -0.495. The Bertz CT molecular complexity index is 174. The Morgan fingerprint density at radius 1 is 0.667 bits per heavy atom. The van der Waals surface area contributed by atoms with Crippen LogP contribution < -0.4 is 0 Å². The molecule has 2 heteroatoms. The van der Waals surface area contributed by atoms with E-state index in [1.807, 2.05) is 0 Å². The lowest BCUT2D eigenvalue weighted by Gasteiger charge is -2.07. The summed E-state index contributed by atoms with van der Waals surface area (Å²) >= 11 is 0. The van der Waals surface area contributed by atoms with E-state index in [0.29, 0.717) is 0 Å². The molecule has 21 heavy (non-hydrogen) atoms. The van der Waals surface area contributed by atoms with Gasteiger partial charge in [0.15, 0.2) is 0 Å². The van der Waals surface area contributed by atoms with E-state index >= 15 is 0 Å². The molecule has 2 N–H and O–H groups in total. The largest absolute Gasteiger partial charge is 0.394 e. The van der Waals surface area contributed by atoms with Crippen molar-refractivity contribution in [3.63, 3.8) is 0 Å². The maximum absolute atomic E-state index is 9.21. The Labute approximate surface area is 133 Å². The number of hydrogen-bond acceptors (Lipinski definition) is 2. The van der Waals surface area contributed by atoms with E-state index < -0.39 is 6.10 Å². The van der Waals surface area contributed by atoms with E-state index in [9.17, 15) is 5.11 Å². The molecular formula is C19H40O2. The van der Waals surface area contributed by atoms with Crippen LogP contribution in [0.2, 0.25) is 0 Å². The van der Waals surface area contributed by atoms with Gasteiger partial charge in [-0.15, -0.1) is 0 Å². The molecule has 0 fully saturated rings. The molecule has 2 unspecified atom stereocenters. The highest BCUT2D eigenvalue weighted by atomic mass is 16.3. The zero-order valence-electron chi connectivity index (χ0n) is 14.7. The van der Waals surface area contributed by atoms with E-state index in [4.69, 9.17) is 5.11 Å². The maximum atomic E-state index is 9.21. The molecule has 0 aliphatic rings. The van der Waals surface area contributed by atoms with Crippen LogP contribution in [0.1, 0.15) is 104 Å². The van der Waals surface area contributed by atoms with Gasteiger partial charge in [0.1, 0.15) is 0 Å². The molecule has 0 saturated carbocycles. The van der Waals surface area contributed by atoms with E-state index in [-0.39, 0.29) is 6.61 Å². The number of unbranched alkanes of at least 4 members (excludes halogenated alkanes) is 10. The predicted octanol–water partition coefficient (Wildman–Crippen LogP) is 5.46. The summed E-state index contributed by atoms with van der Waals surface area (Å²) in [6.45, 7) is 4.57. The summed E-state index contributed by atoms with van der Waals surface area (Å²) in [6.07, 6.45) is 17.8. The zero-order chi connectivity index (χ0) is 15.8. The summed E-state index contributed by atoms with van der Waals surface area (Å²) in [5, 5.41) is 17.9. The lowest BCUT2D eigenvalue weighted by Crippen LogP contribution is -2.10. The highest BCUT2D eigenvalue weighted by Crippen LogP contribution is 2.15. The monoisotopic (exact) mass is 300 g/mol. The molecule has 0 aromatic heterocycles. The van der Waals surface area contributed by atoms with Gasteiger partial charge in [-0.25, -0.2) is 0 Å². The standard InChI is InChI=1S/C19H40O2/c1-3-18(2)15-13-11-9-7-5-4-6-8-10-12-14-16-19(21)17-20/h18-21H,3-17H2,1-2H3. The topological polar surface area (TPSA) is 40.5 Å². The van der Waals surface area contributed by atoms with Crippen LogP contribution >= 0.6 is 0 Å². The Morgan fingerprint density at radius 2 is 1.05 bits per heavy atom. The van der Waals surface area contributed by atoms with Gasteiger partial charge in [-0.2, -0.15) is 0 Å². The fourth-order valence-corrected chi connectivity index (χ4v) is 2.76. The molecule has 0 aliphatic carbocycles. The minimum absolute atomic E-state index is 0.0860. The summed E-state index contributed by atoms with van der Waals surface area (Å²) in [4.78, 5) is 0. The Balaban J connectivity index is 3.03. The van der Waals surface area contributed by atoms with Crippen LogP contribution in [0.25, 0.3) is 0 Å². The molecule has 0 rings (SSSR count). The normalized spacial score (nSPS) is 14.3. The van der Waals surface area contributed by atoms with Gasteiger partial charge in [-0.1, -0.05) is 97.3 Å². The van der Waals surface area contributed by atoms with Crippen molar-refractivity contribution >= 4 is 0 Å². The number of rotatable bonds is 16. The summed E-state index contributed by atoms with van der Waals surface area (Å²) in [5.41, 5.74) is 0. The average Bonchev–Trinajstić information content (AvgIpc) is 2.51. The van der Waals surface area contributed by atoms with E-state index in [1.54, 1.807) is 0 Å². The third-order valence-corrected chi connectivity index (χ3v) is 4.64. The number of aliphatic hydroxyl groups excluding tert-OH is 2. The smallest absolute Gasteiger partial charge is 0.0770 e. The highest BCUT2D eigenvalue weighted by Gasteiger charge is 2.01. The number of aliphatic hydroxyl groups is 2. The summed E-state index contributed by atoms with van der Waals surface area (Å²) in [6, 6.07) is 0. The minimum Gasteiger partial charge on any atom is -0.394 e. The third kappa shape index (κ3) is 16.1. The Hall–Kier alpha value is -0.0800. The van der Waals surface area contributed by atoms with E-state index in [1.165, 1.54) is 77.0 Å². The fourth-order valence-electron chi connectivity index (χ4n) is 2.76. The van der Waals surface area contributed by atoms with Gasteiger partial charge in [0.25, 0.3) is 0 Å². The third-order valence-electron chi connectivity index (χ3n) is 4.64. The zero-order valence-corrected chi connectivity index (χ0v) is 14.7. The van der Waals surface area contributed by atoms with Crippen LogP contribution in [0.3, 0.4) is 0 Å². The molecule has 0 spiro atoms. The molecular weight excluding hydrogens is 260 g/mol. The second-order valence-corrected chi connectivity index (χ2v) is 6.82.